The molecule has 16 aromatic heterocycles. The second-order valence-electron chi connectivity index (χ2n) is 33.8. The number of nitriles is 1. The molecule has 0 saturated carbocycles. The number of rotatable bonds is 22. The number of pyridine rings is 6. The van der Waals surface area contributed by atoms with Crippen LogP contribution < -0.4 is 38.1 Å². The minimum absolute atomic E-state index is 0.145. The first-order valence-corrected chi connectivity index (χ1v) is 51.2. The van der Waals surface area contributed by atoms with Crippen molar-refractivity contribution >= 4 is 177 Å². The van der Waals surface area contributed by atoms with Crippen LogP contribution >= 0.6 is 93.3 Å². The van der Waals surface area contributed by atoms with Gasteiger partial charge in [0, 0.05) is 175 Å². The fraction of sp³-hybridized carbons (Fsp3) is 0.140. The molecule has 0 saturated heterocycles. The molecule has 0 bridgehead atoms. The second kappa shape index (κ2) is 45.7. The van der Waals surface area contributed by atoms with E-state index in [0.29, 0.717) is 159 Å². The van der Waals surface area contributed by atoms with Gasteiger partial charge in [-0.05, 0) is 164 Å². The number of hydrogen-bond acceptors (Lipinski definition) is 32. The van der Waals surface area contributed by atoms with Gasteiger partial charge in [0.05, 0.1) is 81.4 Å². The zero-order chi connectivity index (χ0) is 104. The average molecular weight is 2130 g/mol. The SMILES string of the molecule is CC(C)Sc1nc(-c2cc(Cl)c3ncccc3c2)c(-c2ccn(C)n2)nc1N.CCSc1nc(-c2cc(Cl)c3ncccc3c2)c(-c2ccn(C)n2)nc1N.CCc1ccc(COc2nc(-c3cc(Cl)c4ncccc4c3)c(-c3ccn(C)n3)nc2N)cn1.CSc1nc(-c2cc(Cl)c3ncccc3c2)c(-c2ccn(C)n2)nc1N.Cn1ccc(-c2nc(N)c(OCc3ccc(C#N)cc3)nc2-c2cc(Cl)c3ncccc3c2)n1. The van der Waals surface area contributed by atoms with Gasteiger partial charge in [0.1, 0.15) is 96.6 Å². The molecule has 10 N–H and O–H groups in total. The van der Waals surface area contributed by atoms with Gasteiger partial charge in [0.25, 0.3) is 11.8 Å². The summed E-state index contributed by atoms with van der Waals surface area (Å²) in [7, 11) is 9.25. The lowest BCUT2D eigenvalue weighted by Crippen LogP contribution is -2.06. The van der Waals surface area contributed by atoms with Gasteiger partial charge >= 0.3 is 0 Å². The molecule has 42 heteroatoms. The van der Waals surface area contributed by atoms with Gasteiger partial charge in [0.15, 0.2) is 29.1 Å². The number of ether oxygens (including phenoxy) is 2. The third-order valence-electron chi connectivity index (χ3n) is 22.8. The molecule has 0 amide bonds. The van der Waals surface area contributed by atoms with E-state index in [9.17, 15) is 0 Å². The van der Waals surface area contributed by atoms with Crippen LogP contribution in [0.2, 0.25) is 25.1 Å². The van der Waals surface area contributed by atoms with E-state index in [1.54, 1.807) is 102 Å². The molecular formula is C107H91Cl5N32O2S3. The van der Waals surface area contributed by atoms with E-state index in [1.807, 2.05) is 242 Å². The van der Waals surface area contributed by atoms with Gasteiger partial charge in [-0.3, -0.25) is 53.3 Å². The number of aryl methyl sites for hydroxylation is 6. The monoisotopic (exact) mass is 2130 g/mol. The Balaban J connectivity index is 0.000000122. The molecule has 0 fully saturated rings. The van der Waals surface area contributed by atoms with Crippen LogP contribution in [0.5, 0.6) is 11.8 Å². The predicted octanol–water partition coefficient (Wildman–Crippen LogP) is 23.0. The number of fused-ring (bicyclic) bond motifs is 5. The zero-order valence-corrected chi connectivity index (χ0v) is 87.8. The molecule has 0 unspecified atom stereocenters. The second-order valence-corrected chi connectivity index (χ2v) is 39.4. The lowest BCUT2D eigenvalue weighted by molar-refractivity contribution is 0.294. The number of aromatic nitrogens is 26. The fourth-order valence-corrected chi connectivity index (χ4v) is 19.0. The number of nitrogen functional groups attached to an aromatic ring is 5. The Morgan fingerprint density at radius 2 is 0.638 bits per heavy atom. The number of nitrogens with zero attached hydrogens (tertiary/aromatic N) is 27. The molecule has 149 heavy (non-hydrogen) atoms. The van der Waals surface area contributed by atoms with Crippen LogP contribution in [0.3, 0.4) is 0 Å². The van der Waals surface area contributed by atoms with E-state index < -0.39 is 0 Å². The molecule has 22 aromatic rings. The minimum atomic E-state index is 0.145. The number of nitrogens with two attached hydrogens (primary N) is 5. The maximum atomic E-state index is 8.98. The highest BCUT2D eigenvalue weighted by Gasteiger charge is 2.28. The number of benzene rings is 6. The van der Waals surface area contributed by atoms with Crippen LogP contribution in [-0.4, -0.2) is 146 Å². The normalized spacial score (nSPS) is 11.2. The van der Waals surface area contributed by atoms with E-state index in [0.717, 1.165) is 106 Å². The fourth-order valence-electron chi connectivity index (χ4n) is 15.8. The molecule has 0 aliphatic rings. The Labute approximate surface area is 891 Å². The van der Waals surface area contributed by atoms with E-state index >= 15 is 0 Å². The number of halogens is 5. The average Bonchev–Trinajstić information content (AvgIpc) is 1.73. The molecule has 0 spiro atoms. The molecular weight excluding hydrogens is 2040 g/mol. The summed E-state index contributed by atoms with van der Waals surface area (Å²) in [4.78, 5) is 73.2. The first-order valence-electron chi connectivity index (χ1n) is 46.2. The van der Waals surface area contributed by atoms with Crippen LogP contribution in [0, 0.1) is 11.3 Å². The Bertz CT molecular complexity index is 8810. The van der Waals surface area contributed by atoms with Crippen LogP contribution in [0.25, 0.3) is 168 Å². The molecule has 16 heterocycles. The van der Waals surface area contributed by atoms with Gasteiger partial charge in [-0.2, -0.15) is 30.8 Å². The molecule has 34 nitrogen and oxygen atoms in total. The Kier molecular flexibility index (Phi) is 31.4. The molecule has 22 rings (SSSR count). The predicted molar refractivity (Wildman–Crippen MR) is 595 cm³/mol. The summed E-state index contributed by atoms with van der Waals surface area (Å²) < 4.78 is 20.4. The molecule has 744 valence electrons. The van der Waals surface area contributed by atoms with Crippen molar-refractivity contribution in [3.8, 4) is 131 Å². The van der Waals surface area contributed by atoms with E-state index in [-0.39, 0.29) is 36.6 Å². The lowest BCUT2D eigenvalue weighted by atomic mass is 10.0. The summed E-state index contributed by atoms with van der Waals surface area (Å²) in [5.74, 6) is 2.79. The standard InChI is InChI=1S/C25H18ClN7O.C25H22ClN7O.C20H19ClN6S.C19H17ClN6S.C18H15ClN6S/c1-33-10-8-20(32-33)23-22(18-11-17-3-2-9-29-21(17)19(26)12-18)31-25(24(28)30-23)34-14-16-6-4-15(13-27)5-7-16;1-3-18-7-6-15(13-29-18)14-34-25-24(27)30-23(20-8-10-33(2)32-20)22(31-25)17-11-16-5-4-9-28-21(16)19(26)12-17;1-11(2)28-20-19(22)24-18(15-6-8-27(3)26-15)17(25-20)13-9-12-5-4-7-23-16(12)14(21)10-13;1-3-27-19-18(21)23-17(14-6-8-26(2)25-14)16(24-19)12-9-11-5-4-7-22-15(11)13(20)10-12;1-25-7-5-13(24-25)16-15(23-18(26-2)17(20)22-16)11-8-10-4-3-6-21-14(10)12(19)9-11/h2-12H,14H2,1H3,(H2,28,30);4-13H,3,14H2,1-2H3,(H2,27,30);4-11H,1-3H3,(H2,22,24);4-10H,3H2,1-2H3,(H2,21,23);3-9H,1-2H3,(H2,20,22). The maximum absolute atomic E-state index is 8.98. The smallest absolute Gasteiger partial charge is 0.258 e. The van der Waals surface area contributed by atoms with Crippen LogP contribution in [0.1, 0.15) is 50.1 Å². The van der Waals surface area contributed by atoms with E-state index in [2.05, 4.69) is 114 Å². The third kappa shape index (κ3) is 23.5. The van der Waals surface area contributed by atoms with Crippen LogP contribution in [0.4, 0.5) is 29.1 Å². The minimum Gasteiger partial charge on any atom is -0.470 e. The van der Waals surface area contributed by atoms with Crippen LogP contribution in [-0.2, 0) is 54.9 Å². The van der Waals surface area contributed by atoms with Gasteiger partial charge in [0.2, 0.25) is 0 Å². The largest absolute Gasteiger partial charge is 0.470 e. The van der Waals surface area contributed by atoms with Gasteiger partial charge in [-0.25, -0.2) is 49.8 Å². The van der Waals surface area contributed by atoms with Crippen molar-refractivity contribution in [1.29, 1.82) is 5.26 Å². The molecule has 0 atom stereocenters. The maximum Gasteiger partial charge on any atom is 0.258 e. The first-order chi connectivity index (χ1) is 72.1. The topological polar surface area (TPSA) is 468 Å². The summed E-state index contributed by atoms with van der Waals surface area (Å²) in [6.45, 7) is 8.79. The van der Waals surface area contributed by atoms with Crippen molar-refractivity contribution in [2.75, 3.05) is 40.7 Å². The Morgan fingerprint density at radius 1 is 0.342 bits per heavy atom. The zero-order valence-electron chi connectivity index (χ0n) is 81.5. The molecule has 0 aliphatic heterocycles. The Hall–Kier alpha value is -16.4. The highest BCUT2D eigenvalue weighted by Crippen LogP contribution is 2.44. The third-order valence-corrected chi connectivity index (χ3v) is 26.8. The van der Waals surface area contributed by atoms with Crippen molar-refractivity contribution in [2.24, 2.45) is 35.2 Å². The molecule has 0 radical (unpaired) electrons. The van der Waals surface area contributed by atoms with Crippen molar-refractivity contribution in [2.45, 2.75) is 67.7 Å². The number of hydrogen-bond donors (Lipinski definition) is 5. The van der Waals surface area contributed by atoms with Crippen molar-refractivity contribution in [3.05, 3.63) is 304 Å². The van der Waals surface area contributed by atoms with Crippen LogP contribution in [0.15, 0.2) is 271 Å². The van der Waals surface area contributed by atoms with Gasteiger partial charge in [-0.1, -0.05) is 146 Å². The van der Waals surface area contributed by atoms with Gasteiger partial charge < -0.3 is 38.1 Å². The summed E-state index contributed by atoms with van der Waals surface area (Å²) in [6.07, 6.45) is 22.4. The van der Waals surface area contributed by atoms with Crippen molar-refractivity contribution < 1.29 is 9.47 Å². The summed E-state index contributed by atoms with van der Waals surface area (Å²) in [5.41, 5.74) is 51.6. The Morgan fingerprint density at radius 3 is 0.926 bits per heavy atom. The highest BCUT2D eigenvalue weighted by molar-refractivity contribution is 8.00. The quantitative estimate of drug-likeness (QED) is 0.0393. The van der Waals surface area contributed by atoms with Crippen molar-refractivity contribution in [1.82, 2.24) is 129 Å². The highest BCUT2D eigenvalue weighted by atomic mass is 35.5. The summed E-state index contributed by atoms with van der Waals surface area (Å²) >= 11 is 37.1. The number of thioether (sulfide) groups is 3. The molecule has 0 aliphatic carbocycles. The summed E-state index contributed by atoms with van der Waals surface area (Å²) in [6, 6.07) is 60.9. The first kappa shape index (κ1) is 103. The van der Waals surface area contributed by atoms with E-state index in [4.69, 9.17) is 126 Å². The number of anilines is 5. The van der Waals surface area contributed by atoms with E-state index in [1.165, 1.54) is 11.8 Å². The summed E-state index contributed by atoms with van der Waals surface area (Å²) in [5, 5.41) is 41.1. The van der Waals surface area contributed by atoms with Gasteiger partial charge in [-0.15, -0.1) is 23.5 Å². The molecule has 6 aromatic carbocycles. The van der Waals surface area contributed by atoms with Crippen molar-refractivity contribution in [3.63, 3.8) is 0 Å². The lowest BCUT2D eigenvalue weighted by Gasteiger charge is -2.13.